The normalized spacial score (nSPS) is 17.0. The summed E-state index contributed by atoms with van der Waals surface area (Å²) in [5.74, 6) is 2.69. The highest BCUT2D eigenvalue weighted by Gasteiger charge is 2.33. The molecular weight excluding hydrogens is 513 g/mol. The average Bonchev–Trinajstić information content (AvgIpc) is 3.22. The Morgan fingerprint density at radius 3 is 2.69 bits per heavy atom. The lowest BCUT2D eigenvalue weighted by atomic mass is 9.90. The second kappa shape index (κ2) is 10.8. The van der Waals surface area contributed by atoms with E-state index in [4.69, 9.17) is 4.74 Å². The molecule has 0 saturated heterocycles. The Labute approximate surface area is 207 Å². The predicted molar refractivity (Wildman–Crippen MR) is 140 cm³/mol. The van der Waals surface area contributed by atoms with Crippen molar-refractivity contribution in [3.8, 4) is 5.75 Å². The maximum absolute atomic E-state index is 6.15. The van der Waals surface area contributed by atoms with Crippen LogP contribution in [0.3, 0.4) is 0 Å². The molecule has 2 aromatic carbocycles. The van der Waals surface area contributed by atoms with Crippen molar-refractivity contribution in [3.63, 3.8) is 0 Å². The van der Waals surface area contributed by atoms with Crippen molar-refractivity contribution in [3.05, 3.63) is 83.9 Å². The first-order chi connectivity index (χ1) is 15.0. The van der Waals surface area contributed by atoms with Gasteiger partial charge in [0.05, 0.1) is 12.6 Å². The van der Waals surface area contributed by atoms with Crippen LogP contribution in [-0.2, 0) is 19.5 Å². The fourth-order valence-electron chi connectivity index (χ4n) is 4.06. The molecule has 1 unspecified atom stereocenters. The molecule has 0 aliphatic carbocycles. The van der Waals surface area contributed by atoms with Crippen LogP contribution in [0.1, 0.15) is 43.3 Å². The summed E-state index contributed by atoms with van der Waals surface area (Å²) in [7, 11) is 1.80. The number of benzene rings is 2. The van der Waals surface area contributed by atoms with Gasteiger partial charge in [0.1, 0.15) is 17.2 Å². The van der Waals surface area contributed by atoms with E-state index in [0.717, 1.165) is 42.5 Å². The fraction of sp³-hybridized carbons (Fsp3) is 0.360. The summed E-state index contributed by atoms with van der Waals surface area (Å²) < 4.78 is 8.34. The number of imidazole rings is 1. The van der Waals surface area contributed by atoms with Gasteiger partial charge in [0.2, 0.25) is 0 Å². The number of guanidine groups is 1. The van der Waals surface area contributed by atoms with E-state index < -0.39 is 0 Å². The van der Waals surface area contributed by atoms with Crippen molar-refractivity contribution in [2.24, 2.45) is 4.99 Å². The third kappa shape index (κ3) is 6.03. The summed E-state index contributed by atoms with van der Waals surface area (Å²) in [5, 5.41) is 7.01. The van der Waals surface area contributed by atoms with Crippen molar-refractivity contribution in [1.82, 2.24) is 20.2 Å². The molecule has 170 valence electrons. The van der Waals surface area contributed by atoms with Crippen molar-refractivity contribution in [1.29, 1.82) is 0 Å². The number of aromatic nitrogens is 2. The van der Waals surface area contributed by atoms with Crippen molar-refractivity contribution < 1.29 is 4.74 Å². The van der Waals surface area contributed by atoms with Gasteiger partial charge in [0.15, 0.2) is 5.96 Å². The lowest BCUT2D eigenvalue weighted by molar-refractivity contribution is 0.0694. The van der Waals surface area contributed by atoms with Gasteiger partial charge in [-0.3, -0.25) is 4.99 Å². The molecule has 3 aromatic rings. The van der Waals surface area contributed by atoms with Gasteiger partial charge in [-0.2, -0.15) is 0 Å². The zero-order chi connectivity index (χ0) is 21.7. The summed E-state index contributed by atoms with van der Waals surface area (Å²) >= 11 is 0. The summed E-state index contributed by atoms with van der Waals surface area (Å²) in [5.41, 5.74) is 2.25. The van der Waals surface area contributed by atoms with Crippen LogP contribution in [0.4, 0.5) is 0 Å². The molecule has 32 heavy (non-hydrogen) atoms. The zero-order valence-electron chi connectivity index (χ0n) is 18.9. The lowest BCUT2D eigenvalue weighted by Gasteiger charge is -2.38. The van der Waals surface area contributed by atoms with E-state index in [-0.39, 0.29) is 35.6 Å². The zero-order valence-corrected chi connectivity index (χ0v) is 21.2. The fourth-order valence-corrected chi connectivity index (χ4v) is 4.06. The van der Waals surface area contributed by atoms with Crippen LogP contribution in [0.2, 0.25) is 0 Å². The van der Waals surface area contributed by atoms with E-state index >= 15 is 0 Å². The Bertz CT molecular complexity index is 1030. The molecule has 0 fully saturated rings. The molecule has 1 aliphatic rings. The minimum Gasteiger partial charge on any atom is -0.487 e. The predicted octanol–water partition coefficient (Wildman–Crippen LogP) is 4.71. The number of fused-ring (bicyclic) bond motifs is 1. The van der Waals surface area contributed by atoms with Gasteiger partial charge >= 0.3 is 0 Å². The molecule has 1 aromatic heterocycles. The molecule has 2 N–H and O–H groups in total. The third-order valence-electron chi connectivity index (χ3n) is 5.61. The van der Waals surface area contributed by atoms with Gasteiger partial charge in [-0.15, -0.1) is 24.0 Å². The first kappa shape index (κ1) is 24.1. The van der Waals surface area contributed by atoms with Crippen LogP contribution in [0.5, 0.6) is 5.75 Å². The number of halogens is 1. The quantitative estimate of drug-likeness (QED) is 0.268. The number of rotatable bonds is 6. The molecule has 0 amide bonds. The van der Waals surface area contributed by atoms with Gasteiger partial charge in [-0.25, -0.2) is 4.98 Å². The van der Waals surface area contributed by atoms with E-state index in [2.05, 4.69) is 75.4 Å². The highest BCUT2D eigenvalue weighted by atomic mass is 127. The summed E-state index contributed by atoms with van der Waals surface area (Å²) in [6.45, 7) is 5.75. The molecule has 0 radical (unpaired) electrons. The number of hydrogen-bond donors (Lipinski definition) is 2. The van der Waals surface area contributed by atoms with Gasteiger partial charge in [-0.05, 0) is 31.9 Å². The van der Waals surface area contributed by atoms with Crippen molar-refractivity contribution in [2.45, 2.75) is 51.4 Å². The Hall–Kier alpha value is -2.55. The number of para-hydroxylation sites is 1. The molecule has 0 spiro atoms. The van der Waals surface area contributed by atoms with Crippen LogP contribution >= 0.6 is 24.0 Å². The van der Waals surface area contributed by atoms with Crippen LogP contribution < -0.4 is 15.4 Å². The third-order valence-corrected chi connectivity index (χ3v) is 5.61. The minimum atomic E-state index is -0.238. The van der Waals surface area contributed by atoms with E-state index in [1.165, 1.54) is 5.56 Å². The Balaban J connectivity index is 0.00000289. The number of ether oxygens (including phenoxy) is 1. The summed E-state index contributed by atoms with van der Waals surface area (Å²) in [6, 6.07) is 18.9. The lowest BCUT2D eigenvalue weighted by Crippen LogP contribution is -2.45. The molecule has 0 saturated carbocycles. The van der Waals surface area contributed by atoms with Gasteiger partial charge in [0.25, 0.3) is 0 Å². The van der Waals surface area contributed by atoms with E-state index in [0.29, 0.717) is 6.54 Å². The van der Waals surface area contributed by atoms with E-state index in [1.54, 1.807) is 7.05 Å². The molecule has 2 heterocycles. The maximum atomic E-state index is 6.15. The number of nitrogens with zero attached hydrogens (tertiary/aromatic N) is 3. The second-order valence-electron chi connectivity index (χ2n) is 8.50. The Morgan fingerprint density at radius 2 is 1.91 bits per heavy atom. The smallest absolute Gasteiger partial charge is 0.191 e. The SMILES string of the molecule is CN=C(NCc1nccn1CCc1ccccc1)NC1CC(C)(C)Oc2ccccc21.I. The Morgan fingerprint density at radius 1 is 1.16 bits per heavy atom. The maximum Gasteiger partial charge on any atom is 0.191 e. The standard InChI is InChI=1S/C25H31N5O.HI/c1-25(2)17-21(20-11-7-8-12-22(20)31-25)29-24(26-3)28-18-23-27-14-16-30(23)15-13-19-9-5-4-6-10-19;/h4-12,14,16,21H,13,15,17-18H2,1-3H3,(H2,26,28,29);1H. The molecule has 7 heteroatoms. The van der Waals surface area contributed by atoms with Gasteiger partial charge < -0.3 is 19.9 Å². The molecule has 4 rings (SSSR count). The van der Waals surface area contributed by atoms with E-state index in [1.807, 2.05) is 30.6 Å². The largest absolute Gasteiger partial charge is 0.487 e. The number of aryl methyl sites for hydroxylation is 2. The highest BCUT2D eigenvalue weighted by Crippen LogP contribution is 2.39. The van der Waals surface area contributed by atoms with Crippen molar-refractivity contribution in [2.75, 3.05) is 7.05 Å². The highest BCUT2D eigenvalue weighted by molar-refractivity contribution is 14.0. The van der Waals surface area contributed by atoms with Crippen LogP contribution in [-0.4, -0.2) is 28.2 Å². The first-order valence-electron chi connectivity index (χ1n) is 10.8. The molecule has 0 bridgehead atoms. The molecule has 1 aliphatic heterocycles. The van der Waals surface area contributed by atoms with E-state index in [9.17, 15) is 0 Å². The van der Waals surface area contributed by atoms with Gasteiger partial charge in [0, 0.05) is 38.0 Å². The second-order valence-corrected chi connectivity index (χ2v) is 8.50. The topological polar surface area (TPSA) is 63.5 Å². The summed E-state index contributed by atoms with van der Waals surface area (Å²) in [6.07, 6.45) is 5.73. The van der Waals surface area contributed by atoms with Crippen LogP contribution in [0.25, 0.3) is 0 Å². The Kier molecular flexibility index (Phi) is 8.17. The first-order valence-corrected chi connectivity index (χ1v) is 10.8. The molecule has 1 atom stereocenters. The summed E-state index contributed by atoms with van der Waals surface area (Å²) in [4.78, 5) is 8.98. The minimum absolute atomic E-state index is 0. The molecule has 6 nitrogen and oxygen atoms in total. The number of aliphatic imine (C=N–C) groups is 1. The van der Waals surface area contributed by atoms with Crippen LogP contribution in [0, 0.1) is 0 Å². The average molecular weight is 545 g/mol. The van der Waals surface area contributed by atoms with Crippen LogP contribution in [0.15, 0.2) is 72.0 Å². The van der Waals surface area contributed by atoms with Crippen molar-refractivity contribution >= 4 is 29.9 Å². The monoisotopic (exact) mass is 545 g/mol. The molecular formula is C25H32IN5O. The number of nitrogens with one attached hydrogen (secondary N) is 2. The van der Waals surface area contributed by atoms with Gasteiger partial charge in [-0.1, -0.05) is 48.5 Å². The number of hydrogen-bond acceptors (Lipinski definition) is 3.